The second kappa shape index (κ2) is 6.10. The fraction of sp³-hybridized carbons (Fsp3) is 0. The molecule has 0 spiro atoms. The lowest BCUT2D eigenvalue weighted by atomic mass is 10.2. The molecule has 0 aliphatic carbocycles. The number of nitrogens with zero attached hydrogens (tertiary/aromatic N) is 2. The first kappa shape index (κ1) is 16.5. The Hall–Kier alpha value is -1.93. The van der Waals surface area contributed by atoms with E-state index in [1.165, 1.54) is 17.4 Å². The van der Waals surface area contributed by atoms with Crippen molar-refractivity contribution in [2.24, 2.45) is 4.40 Å². The fourth-order valence-corrected chi connectivity index (χ4v) is 4.84. The zero-order valence-corrected chi connectivity index (χ0v) is 15.5. The van der Waals surface area contributed by atoms with Gasteiger partial charge in [-0.05, 0) is 30.3 Å². The lowest BCUT2D eigenvalue weighted by Crippen LogP contribution is -2.11. The minimum atomic E-state index is -3.67. The Morgan fingerprint density at radius 2 is 1.84 bits per heavy atom. The van der Waals surface area contributed by atoms with Crippen molar-refractivity contribution < 1.29 is 8.42 Å². The molecular weight excluding hydrogens is 401 g/mol. The molecule has 1 aliphatic heterocycles. The van der Waals surface area contributed by atoms with Gasteiger partial charge in [0, 0.05) is 21.5 Å². The van der Waals surface area contributed by atoms with Crippen LogP contribution in [-0.2, 0) is 10.0 Å². The van der Waals surface area contributed by atoms with Crippen molar-refractivity contribution in [3.63, 3.8) is 0 Å². The van der Waals surface area contributed by atoms with E-state index in [1.54, 1.807) is 36.4 Å². The monoisotopic (exact) mass is 409 g/mol. The predicted molar refractivity (Wildman–Crippen MR) is 101 cm³/mol. The van der Waals surface area contributed by atoms with Crippen LogP contribution < -0.4 is 5.32 Å². The molecule has 3 aromatic rings. The van der Waals surface area contributed by atoms with E-state index in [-0.39, 0.29) is 10.7 Å². The van der Waals surface area contributed by atoms with Crippen molar-refractivity contribution in [2.75, 3.05) is 5.32 Å². The number of aromatic nitrogens is 1. The van der Waals surface area contributed by atoms with E-state index in [1.807, 2.05) is 5.38 Å². The van der Waals surface area contributed by atoms with E-state index in [2.05, 4.69) is 14.7 Å². The van der Waals surface area contributed by atoms with Crippen molar-refractivity contribution in [1.82, 2.24) is 4.98 Å². The number of sulfonamides is 1. The number of halogens is 2. The number of hydrogen-bond acceptors (Lipinski definition) is 5. The molecule has 2 heterocycles. The van der Waals surface area contributed by atoms with Gasteiger partial charge in [0.2, 0.25) is 0 Å². The summed E-state index contributed by atoms with van der Waals surface area (Å²) in [6.45, 7) is 0. The molecule has 0 saturated carbocycles. The minimum Gasteiger partial charge on any atom is -0.315 e. The molecule has 9 heteroatoms. The van der Waals surface area contributed by atoms with Crippen molar-refractivity contribution in [2.45, 2.75) is 4.90 Å². The zero-order chi connectivity index (χ0) is 17.6. The number of amidine groups is 1. The zero-order valence-electron chi connectivity index (χ0n) is 12.4. The smallest absolute Gasteiger partial charge is 0.285 e. The Bertz CT molecular complexity index is 1120. The molecule has 0 unspecified atom stereocenters. The van der Waals surface area contributed by atoms with Crippen LogP contribution in [-0.4, -0.2) is 19.2 Å². The third-order valence-corrected chi connectivity index (χ3v) is 6.21. The Morgan fingerprint density at radius 1 is 1.04 bits per heavy atom. The Morgan fingerprint density at radius 3 is 2.64 bits per heavy atom. The summed E-state index contributed by atoms with van der Waals surface area (Å²) >= 11 is 13.4. The SMILES string of the molecule is O=S1(=O)N=C(Nc2nc(-c3ccc(Cl)cc3Cl)cs2)c2ccccc21. The molecule has 126 valence electrons. The van der Waals surface area contributed by atoms with E-state index >= 15 is 0 Å². The summed E-state index contributed by atoms with van der Waals surface area (Å²) in [5.41, 5.74) is 1.95. The van der Waals surface area contributed by atoms with Crippen molar-refractivity contribution in [3.8, 4) is 11.3 Å². The van der Waals surface area contributed by atoms with Crippen molar-refractivity contribution >= 4 is 55.5 Å². The summed E-state index contributed by atoms with van der Waals surface area (Å²) in [5.74, 6) is 0.263. The van der Waals surface area contributed by atoms with Crippen LogP contribution in [0.4, 0.5) is 5.13 Å². The molecule has 4 rings (SSSR count). The Balaban J connectivity index is 1.67. The quantitative estimate of drug-likeness (QED) is 0.666. The van der Waals surface area contributed by atoms with Crippen LogP contribution in [0.5, 0.6) is 0 Å². The summed E-state index contributed by atoms with van der Waals surface area (Å²) in [7, 11) is -3.67. The molecule has 25 heavy (non-hydrogen) atoms. The minimum absolute atomic E-state index is 0.190. The second-order valence-electron chi connectivity index (χ2n) is 5.20. The maximum atomic E-state index is 12.1. The lowest BCUT2D eigenvalue weighted by molar-refractivity contribution is 0.599. The highest BCUT2D eigenvalue weighted by Gasteiger charge is 2.28. The average molecular weight is 410 g/mol. The maximum absolute atomic E-state index is 12.1. The number of fused-ring (bicyclic) bond motifs is 1. The molecule has 5 nitrogen and oxygen atoms in total. The predicted octanol–water partition coefficient (Wildman–Crippen LogP) is 4.68. The number of nitrogens with one attached hydrogen (secondary N) is 1. The van der Waals surface area contributed by atoms with Gasteiger partial charge in [-0.2, -0.15) is 8.42 Å². The van der Waals surface area contributed by atoms with Crippen molar-refractivity contribution in [3.05, 3.63) is 63.5 Å². The molecule has 0 bridgehead atoms. The molecule has 1 aromatic heterocycles. The summed E-state index contributed by atoms with van der Waals surface area (Å²) in [5, 5.41) is 6.37. The van der Waals surface area contributed by atoms with Crippen LogP contribution in [0.2, 0.25) is 10.0 Å². The molecule has 1 aliphatic rings. The highest BCUT2D eigenvalue weighted by atomic mass is 35.5. The molecule has 0 amide bonds. The Labute approximate surface area is 158 Å². The fourth-order valence-electron chi connectivity index (χ4n) is 2.45. The number of thiazole rings is 1. The Kier molecular flexibility index (Phi) is 4.04. The van der Waals surface area contributed by atoms with Crippen LogP contribution in [0.1, 0.15) is 5.56 Å². The van der Waals surface area contributed by atoms with E-state index in [4.69, 9.17) is 23.2 Å². The van der Waals surface area contributed by atoms with Gasteiger partial charge in [0.25, 0.3) is 10.0 Å². The van der Waals surface area contributed by atoms with E-state index in [0.29, 0.717) is 26.4 Å². The molecule has 2 aromatic carbocycles. The first-order valence-electron chi connectivity index (χ1n) is 7.06. The summed E-state index contributed by atoms with van der Waals surface area (Å²) in [6.07, 6.45) is 0. The highest BCUT2D eigenvalue weighted by molar-refractivity contribution is 7.90. The van der Waals surface area contributed by atoms with Gasteiger partial charge in [-0.1, -0.05) is 35.3 Å². The van der Waals surface area contributed by atoms with Crippen LogP contribution in [0.25, 0.3) is 11.3 Å². The van der Waals surface area contributed by atoms with E-state index in [9.17, 15) is 8.42 Å². The standard InChI is InChI=1S/C16H9Cl2N3O2S2/c17-9-5-6-10(12(18)7-9)13-8-24-16(19-13)20-15-11-3-1-2-4-14(11)25(22,23)21-15/h1-8H,(H,19,20,21). The van der Waals surface area contributed by atoms with Gasteiger partial charge in [-0.15, -0.1) is 15.7 Å². The van der Waals surface area contributed by atoms with Gasteiger partial charge in [0.05, 0.1) is 10.7 Å². The number of rotatable bonds is 2. The first-order valence-corrected chi connectivity index (χ1v) is 10.1. The van der Waals surface area contributed by atoms with Crippen molar-refractivity contribution in [1.29, 1.82) is 0 Å². The third kappa shape index (κ3) is 3.04. The molecule has 0 fully saturated rings. The van der Waals surface area contributed by atoms with Crippen LogP contribution in [0.15, 0.2) is 57.1 Å². The van der Waals surface area contributed by atoms with Gasteiger partial charge in [0.15, 0.2) is 11.0 Å². The summed E-state index contributed by atoms with van der Waals surface area (Å²) < 4.78 is 28.0. The molecule has 0 radical (unpaired) electrons. The number of anilines is 1. The topological polar surface area (TPSA) is 71.4 Å². The van der Waals surface area contributed by atoms with Crippen LogP contribution in [0.3, 0.4) is 0 Å². The highest BCUT2D eigenvalue weighted by Crippen LogP contribution is 2.33. The molecule has 0 saturated heterocycles. The van der Waals surface area contributed by atoms with Gasteiger partial charge in [-0.25, -0.2) is 4.98 Å². The first-order chi connectivity index (χ1) is 11.9. The second-order valence-corrected chi connectivity index (χ2v) is 8.47. The van der Waals surface area contributed by atoms with Gasteiger partial charge in [-0.3, -0.25) is 0 Å². The van der Waals surface area contributed by atoms with Gasteiger partial charge in [0.1, 0.15) is 4.90 Å². The third-order valence-electron chi connectivity index (χ3n) is 3.57. The summed E-state index contributed by atoms with van der Waals surface area (Å²) in [6, 6.07) is 11.8. The number of benzene rings is 2. The summed E-state index contributed by atoms with van der Waals surface area (Å²) in [4.78, 5) is 4.65. The van der Waals surface area contributed by atoms with Gasteiger partial charge < -0.3 is 5.32 Å². The van der Waals surface area contributed by atoms with E-state index < -0.39 is 10.0 Å². The molecule has 1 N–H and O–H groups in total. The van der Waals surface area contributed by atoms with Crippen LogP contribution >= 0.6 is 34.5 Å². The average Bonchev–Trinajstić information content (AvgIpc) is 3.11. The largest absolute Gasteiger partial charge is 0.315 e. The maximum Gasteiger partial charge on any atom is 0.285 e. The normalized spacial score (nSPS) is 14.9. The lowest BCUT2D eigenvalue weighted by Gasteiger charge is -2.03. The molecular formula is C16H9Cl2N3O2S2. The van der Waals surface area contributed by atoms with Gasteiger partial charge >= 0.3 is 0 Å². The molecule has 0 atom stereocenters. The number of hydrogen-bond donors (Lipinski definition) is 1. The van der Waals surface area contributed by atoms with E-state index in [0.717, 1.165) is 5.56 Å². The van der Waals surface area contributed by atoms with Crippen LogP contribution in [0, 0.1) is 0 Å².